The monoisotopic (exact) mass is 2040 g/mol. The molecule has 127 heavy (non-hydrogen) atoms. The van der Waals surface area contributed by atoms with E-state index in [1.165, 1.54) is 42.2 Å². The molecule has 3 rings (SSSR count). The van der Waals surface area contributed by atoms with Gasteiger partial charge in [-0.25, -0.2) is 45.6 Å². The summed E-state index contributed by atoms with van der Waals surface area (Å²) in [5.74, 6) is -0.969. The zero-order valence-electron chi connectivity index (χ0n) is 75.6. The van der Waals surface area contributed by atoms with Crippen LogP contribution in [0.25, 0.3) is 12.2 Å². The van der Waals surface area contributed by atoms with E-state index in [1.54, 1.807) is 57.4 Å². The number of nitrogens with zero attached hydrogens (tertiary/aromatic N) is 5. The number of aliphatic hydroxyl groups excluding tert-OH is 1. The number of nitriles is 2. The number of carbonyl (C=O) groups excluding carboxylic acids is 8. The van der Waals surface area contributed by atoms with Crippen LogP contribution in [0.5, 0.6) is 11.5 Å². The van der Waals surface area contributed by atoms with Crippen LogP contribution in [0.15, 0.2) is 257 Å². The summed E-state index contributed by atoms with van der Waals surface area (Å²) in [6.07, 6.45) is 19.4. The van der Waals surface area contributed by atoms with E-state index >= 15 is 0 Å². The number of methoxy groups -OCH3 is 1. The predicted octanol–water partition coefficient (Wildman–Crippen LogP) is 13.8. The van der Waals surface area contributed by atoms with Gasteiger partial charge in [0.25, 0.3) is 0 Å². The normalized spacial score (nSPS) is 9.36. The molecule has 37 heteroatoms. The van der Waals surface area contributed by atoms with Crippen molar-refractivity contribution in [1.29, 1.82) is 10.5 Å². The number of quaternary nitrogens is 2. The van der Waals surface area contributed by atoms with Crippen LogP contribution in [0.2, 0.25) is 0 Å². The first-order chi connectivity index (χ1) is 58.5. The van der Waals surface area contributed by atoms with Crippen molar-refractivity contribution in [2.24, 2.45) is 5.92 Å². The molecule has 28 nitrogen and oxygen atoms in total. The van der Waals surface area contributed by atoms with Gasteiger partial charge >= 0.3 is 51.3 Å². The Hall–Kier alpha value is -10.5. The van der Waals surface area contributed by atoms with E-state index in [1.807, 2.05) is 123 Å². The molecule has 3 aromatic carbocycles. The number of ether oxygens (including phenoxy) is 8. The lowest BCUT2D eigenvalue weighted by molar-refractivity contribution is -0.870. The number of esters is 6. The molecule has 0 fully saturated rings. The largest absolute Gasteiger partial charge is 1.00 e. The molecular weight excluding hydrogens is 1910 g/mol. The fourth-order valence-corrected chi connectivity index (χ4v) is 10.1. The molecule has 0 bridgehead atoms. The van der Waals surface area contributed by atoms with Gasteiger partial charge in [0.1, 0.15) is 70.8 Å². The maximum Gasteiger partial charge on any atom is 0.512 e. The number of halogens is 7. The summed E-state index contributed by atoms with van der Waals surface area (Å²) in [5.41, 5.74) is -2.29. The van der Waals surface area contributed by atoms with E-state index in [0.717, 1.165) is 78.9 Å². The van der Waals surface area contributed by atoms with E-state index in [0.29, 0.717) is 78.0 Å². The number of hydrogen-bond acceptors (Lipinski definition) is 25. The third-order valence-electron chi connectivity index (χ3n) is 11.9. The van der Waals surface area contributed by atoms with Gasteiger partial charge in [-0.05, 0) is 118 Å². The quantitative estimate of drug-likeness (QED) is 0.00705. The van der Waals surface area contributed by atoms with E-state index in [4.69, 9.17) is 44.4 Å². The molecule has 0 saturated carbocycles. The average molecular weight is 2050 g/mol. The Morgan fingerprint density at radius 3 is 1.14 bits per heavy atom. The number of hydrogen-bond donors (Lipinski definition) is 3. The molecule has 0 heterocycles. The highest BCUT2D eigenvalue weighted by atomic mass is 79.9. The zero-order chi connectivity index (χ0) is 101. The highest BCUT2D eigenvalue weighted by Gasteiger charge is 2.47. The lowest BCUT2D eigenvalue weighted by Crippen LogP contribution is -3.00. The number of allylic oxidation sites excluding steroid dienone is 6. The summed E-state index contributed by atoms with van der Waals surface area (Å²) in [4.78, 5) is 86.7. The average Bonchev–Trinajstić information content (AvgIpc) is 0.784. The number of phenolic OH excluding ortho intramolecular Hbond substituents is 1. The Bertz CT molecular complexity index is 3980. The minimum Gasteiger partial charge on any atom is -1.00 e. The molecular formula is C90H132Br3ClF3N6O22S2+. The highest BCUT2D eigenvalue weighted by molar-refractivity contribution is 9.11. The van der Waals surface area contributed by atoms with Crippen molar-refractivity contribution in [2.75, 3.05) is 141 Å². The van der Waals surface area contributed by atoms with Crippen LogP contribution in [-0.2, 0) is 91.6 Å². The number of alkyl halides is 3. The number of sulfonamides is 2. The fraction of sp³-hybridized carbons (Fsp3) is 0.356. The van der Waals surface area contributed by atoms with Crippen molar-refractivity contribution in [1.82, 2.24) is 9.03 Å². The molecule has 0 aliphatic heterocycles. The molecule has 0 aliphatic carbocycles. The number of rotatable bonds is 37. The van der Waals surface area contributed by atoms with E-state index in [2.05, 4.69) is 179 Å². The van der Waals surface area contributed by atoms with Crippen molar-refractivity contribution < 1.29 is 138 Å². The van der Waals surface area contributed by atoms with E-state index < -0.39 is 43.5 Å². The topological polar surface area (TPSA) is 382 Å². The molecule has 0 radical (unpaired) electrons. The lowest BCUT2D eigenvalue weighted by Gasteiger charge is -2.23. The molecule has 0 atom stereocenters. The van der Waals surface area contributed by atoms with Crippen LogP contribution in [0, 0.1) is 28.6 Å². The van der Waals surface area contributed by atoms with Crippen LogP contribution in [0.3, 0.4) is 0 Å². The predicted molar refractivity (Wildman–Crippen MR) is 508 cm³/mol. The molecule has 0 aromatic heterocycles. The number of ketones is 2. The standard InChI is InChI=1S/C11H9Br3O3.C9H17NO2.2C8H16NO2.C8H10O4.C8H8O.C8H8.C7H12O2.C7H12O.C4H5N.C4H6.C3H3N.C3H6O.C2H4F3NO4S2.ClH/c1-2-10(15)16-3-4-17-11-8(13)5-7(12)6-9(11)14;1-4-9(11)12-8-7-10(5-2)6-3;2*1-5-8(10)11-7-6-9(2,3)4;1-3-7(9)11-5-6-12-8(10)4-2;1-2-7-3-5-8(9)6-4-7;1-2-8-6-4-3-5-7-8;1-6(2)7(9)4-3-5-8;1-4-7(8)5-6(2)3;1-4(2)3-5;1-3-4-2;1-2-3-4;1-3-4-2;1-11(7,8)6-12(9,10)2(3,4)5;/h2,5-6H,1,3-4H2;4H,1,5-8H2,2-3H3;2*5H,1,6-7H2,2-4H3;3-4H,1-2,5-6H2;2-6,9H,1H2;2-7H,1H2;8H,1,3-5H2,2H3;4,6H,1,5H2,2-3H3;1H2,2H3;3-4H,1-2H2;2H,1H2;3H,1H2,2H3;6H,1H3;1H/q;;2*+1;;;;;;;;;;;/p-1. The summed E-state index contributed by atoms with van der Waals surface area (Å²) in [6, 6.07) is 24.2. The third-order valence-corrected chi connectivity index (χ3v) is 16.2. The first-order valence-corrected chi connectivity index (χ1v) is 42.9. The maximum atomic E-state index is 11.4. The van der Waals surface area contributed by atoms with Crippen molar-refractivity contribution >= 4 is 127 Å². The number of phenols is 1. The molecule has 0 unspecified atom stereocenters. The third kappa shape index (κ3) is 120. The minimum absolute atomic E-state index is 0. The number of aliphatic hydroxyl groups is 1. The van der Waals surface area contributed by atoms with Crippen LogP contribution >= 0.6 is 47.8 Å². The number of likely N-dealkylation sites (N-methyl/N-ethyl adjacent to an activating group) is 3. The van der Waals surface area contributed by atoms with Gasteiger partial charge < -0.3 is 74.4 Å². The molecule has 3 aromatic rings. The second-order valence-corrected chi connectivity index (χ2v) is 31.7. The van der Waals surface area contributed by atoms with E-state index in [9.17, 15) is 68.4 Å². The van der Waals surface area contributed by atoms with Gasteiger partial charge in [0.15, 0.2) is 11.6 Å². The van der Waals surface area contributed by atoms with Crippen molar-refractivity contribution in [2.45, 2.75) is 66.3 Å². The van der Waals surface area contributed by atoms with Crippen molar-refractivity contribution in [3.8, 4) is 23.6 Å². The maximum absolute atomic E-state index is 11.4. The first-order valence-electron chi connectivity index (χ1n) is 37.1. The lowest BCUT2D eigenvalue weighted by atomic mass is 10.1. The van der Waals surface area contributed by atoms with Gasteiger partial charge in [-0.3, -0.25) is 9.59 Å². The Morgan fingerprint density at radius 2 is 0.913 bits per heavy atom. The summed E-state index contributed by atoms with van der Waals surface area (Å²) in [5, 5.41) is 32.4. The molecule has 714 valence electrons. The number of aromatic hydroxyl groups is 1. The molecule has 0 aliphatic rings. The Balaban J connectivity index is -0.000000114. The van der Waals surface area contributed by atoms with Crippen LogP contribution < -0.4 is 21.3 Å². The summed E-state index contributed by atoms with van der Waals surface area (Å²) in [7, 11) is 3.61. The van der Waals surface area contributed by atoms with Crippen LogP contribution in [0.1, 0.15) is 71.9 Å². The number of benzene rings is 3. The van der Waals surface area contributed by atoms with Crippen LogP contribution in [0.4, 0.5) is 13.2 Å². The first kappa shape index (κ1) is 142. The number of nitrogens with one attached hydrogen (secondary N) is 1. The van der Waals surface area contributed by atoms with Gasteiger partial charge in [-0.1, -0.05) is 209 Å². The SMILES string of the molecule is C=C(C)C#N.C=C(C)C(=O)CCCO.C=CC#N.C=CC(=O)CC(C)C.C=CC(=O)OCCN(CC)CC.C=CC(=O)OCCOC(=O)C=C.C=CC(=O)OCCOc1c(Br)cc(Br)cc1Br.C=CC(=O)OCC[N+](C)(C)C.C=CC(=O)OCC[N+](C)(C)C.C=CC=C.C=COC.C=Cc1ccc(O)cc1.C=Cc1ccccc1.CS(=O)(=O)NS(=O)(=O)C(F)(F)F.[Cl-]. The van der Waals surface area contributed by atoms with Gasteiger partial charge in [-0.2, -0.15) is 23.7 Å². The van der Waals surface area contributed by atoms with Crippen molar-refractivity contribution in [3.05, 3.63) is 268 Å². The minimum atomic E-state index is -5.79. The zero-order valence-corrected chi connectivity index (χ0v) is 82.8. The summed E-state index contributed by atoms with van der Waals surface area (Å²) >= 11 is 10.1. The molecule has 0 spiro atoms. The Morgan fingerprint density at radius 1 is 0.583 bits per heavy atom. The summed E-state index contributed by atoms with van der Waals surface area (Å²) < 4.78 is 117. The van der Waals surface area contributed by atoms with E-state index in [-0.39, 0.29) is 74.9 Å². The van der Waals surface area contributed by atoms with Crippen molar-refractivity contribution in [3.63, 3.8) is 0 Å². The number of carbonyl (C=O) groups is 8. The highest BCUT2D eigenvalue weighted by Crippen LogP contribution is 2.36. The molecule has 0 amide bonds. The smallest absolute Gasteiger partial charge is 0.512 e. The Labute approximate surface area is 784 Å². The second kappa shape index (κ2) is 93.2. The van der Waals surface area contributed by atoms with Crippen LogP contribution in [-0.4, -0.2) is 235 Å². The number of Topliss-reactive ketones (excluding diaryl/α,β-unsaturated/α-hetero) is 1. The fourth-order valence-electron chi connectivity index (χ4n) is 5.63. The molecule has 0 saturated heterocycles. The van der Waals surface area contributed by atoms with Gasteiger partial charge in [0, 0.05) is 78.6 Å². The second-order valence-electron chi connectivity index (χ2n) is 25.4. The molecule has 3 N–H and O–H groups in total. The van der Waals surface area contributed by atoms with Gasteiger partial charge in [0.05, 0.1) is 83.0 Å². The summed E-state index contributed by atoms with van der Waals surface area (Å²) in [6.45, 7) is 68.0. The van der Waals surface area contributed by atoms with Gasteiger partial charge in [0.2, 0.25) is 10.0 Å². The van der Waals surface area contributed by atoms with Gasteiger partial charge in [-0.15, -0.1) is 4.13 Å². The Kier molecular flexibility index (Phi) is 104.